The zero-order valence-corrected chi connectivity index (χ0v) is 14.1. The summed E-state index contributed by atoms with van der Waals surface area (Å²) >= 11 is 1.73. The van der Waals surface area contributed by atoms with Crippen LogP contribution in [-0.4, -0.2) is 30.1 Å². The molecule has 0 spiro atoms. The van der Waals surface area contributed by atoms with E-state index in [0.717, 1.165) is 34.2 Å². The summed E-state index contributed by atoms with van der Waals surface area (Å²) in [5.74, 6) is 0.887. The van der Waals surface area contributed by atoms with Crippen molar-refractivity contribution in [2.45, 2.75) is 18.6 Å². The first kappa shape index (κ1) is 15.0. The SMILES string of the molecule is Cc1ccc(-n2c(SCCn3cncn3)nc3ccccc32)cc1. The number of nitrogens with zero attached hydrogens (tertiary/aromatic N) is 5. The van der Waals surface area contributed by atoms with Crippen molar-refractivity contribution >= 4 is 22.8 Å². The molecule has 0 unspecified atom stereocenters. The van der Waals surface area contributed by atoms with E-state index in [-0.39, 0.29) is 0 Å². The molecule has 2 aromatic heterocycles. The van der Waals surface area contributed by atoms with Crippen LogP contribution in [0.5, 0.6) is 0 Å². The second-order valence-electron chi connectivity index (χ2n) is 5.56. The Balaban J connectivity index is 1.68. The fraction of sp³-hybridized carbons (Fsp3) is 0.167. The van der Waals surface area contributed by atoms with Gasteiger partial charge in [0.05, 0.1) is 17.6 Å². The van der Waals surface area contributed by atoms with Crippen molar-refractivity contribution in [3.63, 3.8) is 0 Å². The van der Waals surface area contributed by atoms with E-state index in [1.807, 2.05) is 10.7 Å². The van der Waals surface area contributed by atoms with E-state index in [2.05, 4.69) is 64.0 Å². The van der Waals surface area contributed by atoms with Crippen LogP contribution in [0.1, 0.15) is 5.56 Å². The fourth-order valence-corrected chi connectivity index (χ4v) is 3.58. The number of rotatable bonds is 5. The molecule has 0 amide bonds. The molecule has 24 heavy (non-hydrogen) atoms. The molecular formula is C18H17N5S. The Morgan fingerprint density at radius 2 is 1.88 bits per heavy atom. The lowest BCUT2D eigenvalue weighted by Gasteiger charge is -2.09. The summed E-state index contributed by atoms with van der Waals surface area (Å²) in [7, 11) is 0. The third-order valence-electron chi connectivity index (χ3n) is 3.84. The van der Waals surface area contributed by atoms with Crippen molar-refractivity contribution in [2.75, 3.05) is 5.75 Å². The molecule has 0 bridgehead atoms. The first-order valence-corrected chi connectivity index (χ1v) is 8.79. The second kappa shape index (κ2) is 6.49. The lowest BCUT2D eigenvalue weighted by Crippen LogP contribution is -2.02. The van der Waals surface area contributed by atoms with E-state index < -0.39 is 0 Å². The molecule has 0 atom stereocenters. The quantitative estimate of drug-likeness (QED) is 0.522. The van der Waals surface area contributed by atoms with Crippen LogP contribution in [0, 0.1) is 6.92 Å². The molecule has 6 heteroatoms. The van der Waals surface area contributed by atoms with Gasteiger partial charge in [-0.05, 0) is 31.2 Å². The summed E-state index contributed by atoms with van der Waals surface area (Å²) in [5.41, 5.74) is 4.53. The first-order valence-electron chi connectivity index (χ1n) is 7.81. The topological polar surface area (TPSA) is 48.5 Å². The summed E-state index contributed by atoms with van der Waals surface area (Å²) in [6, 6.07) is 16.8. The van der Waals surface area contributed by atoms with Gasteiger partial charge in [-0.25, -0.2) is 9.97 Å². The standard InChI is InChI=1S/C18H17N5S/c1-14-6-8-15(9-7-14)23-17-5-3-2-4-16(17)21-18(23)24-11-10-22-13-19-12-20-22/h2-9,12-13H,10-11H2,1H3. The van der Waals surface area contributed by atoms with E-state index in [1.165, 1.54) is 5.56 Å². The van der Waals surface area contributed by atoms with Gasteiger partial charge in [-0.2, -0.15) is 5.10 Å². The van der Waals surface area contributed by atoms with Gasteiger partial charge in [-0.15, -0.1) is 0 Å². The number of para-hydroxylation sites is 2. The second-order valence-corrected chi connectivity index (χ2v) is 6.62. The van der Waals surface area contributed by atoms with E-state index in [0.29, 0.717) is 0 Å². The van der Waals surface area contributed by atoms with Crippen molar-refractivity contribution in [2.24, 2.45) is 0 Å². The largest absolute Gasteiger partial charge is 0.287 e. The van der Waals surface area contributed by atoms with Crippen LogP contribution in [0.15, 0.2) is 66.3 Å². The molecule has 0 saturated heterocycles. The number of thioether (sulfide) groups is 1. The normalized spacial score (nSPS) is 11.2. The highest BCUT2D eigenvalue weighted by atomic mass is 32.2. The highest BCUT2D eigenvalue weighted by Gasteiger charge is 2.12. The van der Waals surface area contributed by atoms with Crippen LogP contribution in [0.3, 0.4) is 0 Å². The molecule has 0 saturated carbocycles. The van der Waals surface area contributed by atoms with Crippen molar-refractivity contribution in [1.29, 1.82) is 0 Å². The van der Waals surface area contributed by atoms with Gasteiger partial charge >= 0.3 is 0 Å². The molecule has 0 fully saturated rings. The van der Waals surface area contributed by atoms with E-state index in [9.17, 15) is 0 Å². The number of aromatic nitrogens is 5. The lowest BCUT2D eigenvalue weighted by molar-refractivity contribution is 0.663. The molecule has 2 heterocycles. The van der Waals surface area contributed by atoms with Crippen molar-refractivity contribution in [1.82, 2.24) is 24.3 Å². The molecule has 4 aromatic rings. The highest BCUT2D eigenvalue weighted by molar-refractivity contribution is 7.99. The molecule has 0 aliphatic heterocycles. The number of aryl methyl sites for hydroxylation is 2. The fourth-order valence-electron chi connectivity index (χ4n) is 2.62. The van der Waals surface area contributed by atoms with Crippen LogP contribution in [-0.2, 0) is 6.54 Å². The molecule has 120 valence electrons. The summed E-state index contributed by atoms with van der Waals surface area (Å²) in [4.78, 5) is 8.79. The lowest BCUT2D eigenvalue weighted by atomic mass is 10.2. The van der Waals surface area contributed by atoms with Gasteiger partial charge in [0.1, 0.15) is 12.7 Å². The van der Waals surface area contributed by atoms with Gasteiger partial charge in [-0.1, -0.05) is 41.6 Å². The zero-order valence-electron chi connectivity index (χ0n) is 13.3. The van der Waals surface area contributed by atoms with E-state index >= 15 is 0 Å². The molecule has 5 nitrogen and oxygen atoms in total. The number of benzene rings is 2. The third-order valence-corrected chi connectivity index (χ3v) is 4.76. The Kier molecular flexibility index (Phi) is 4.04. The first-order chi connectivity index (χ1) is 11.8. The van der Waals surface area contributed by atoms with Gasteiger partial charge in [-0.3, -0.25) is 9.25 Å². The predicted molar refractivity (Wildman–Crippen MR) is 96.6 cm³/mol. The van der Waals surface area contributed by atoms with Crippen molar-refractivity contribution in [3.8, 4) is 5.69 Å². The third kappa shape index (κ3) is 2.92. The minimum atomic E-state index is 0.807. The highest BCUT2D eigenvalue weighted by Crippen LogP contribution is 2.28. The number of hydrogen-bond donors (Lipinski definition) is 0. The molecule has 0 aliphatic rings. The summed E-state index contributed by atoms with van der Waals surface area (Å²) < 4.78 is 4.06. The van der Waals surface area contributed by atoms with Crippen LogP contribution < -0.4 is 0 Å². The summed E-state index contributed by atoms with van der Waals surface area (Å²) in [6.45, 7) is 2.91. The molecular weight excluding hydrogens is 318 g/mol. The molecule has 0 radical (unpaired) electrons. The van der Waals surface area contributed by atoms with Gasteiger partial charge in [0.2, 0.25) is 0 Å². The maximum absolute atomic E-state index is 4.81. The van der Waals surface area contributed by atoms with E-state index in [1.54, 1.807) is 24.4 Å². The number of fused-ring (bicyclic) bond motifs is 1. The van der Waals surface area contributed by atoms with Crippen molar-refractivity contribution in [3.05, 3.63) is 66.7 Å². The van der Waals surface area contributed by atoms with Crippen LogP contribution in [0.4, 0.5) is 0 Å². The number of hydrogen-bond acceptors (Lipinski definition) is 4. The average Bonchev–Trinajstić information content (AvgIpc) is 3.23. The molecule has 2 aromatic carbocycles. The molecule has 4 rings (SSSR count). The monoisotopic (exact) mass is 335 g/mol. The Morgan fingerprint density at radius 1 is 1.04 bits per heavy atom. The van der Waals surface area contributed by atoms with E-state index in [4.69, 9.17) is 4.98 Å². The minimum Gasteiger partial charge on any atom is -0.287 e. The zero-order chi connectivity index (χ0) is 16.4. The van der Waals surface area contributed by atoms with Gasteiger partial charge in [0, 0.05) is 11.4 Å². The molecule has 0 aliphatic carbocycles. The predicted octanol–water partition coefficient (Wildman–Crippen LogP) is 3.72. The van der Waals surface area contributed by atoms with Crippen LogP contribution in [0.2, 0.25) is 0 Å². The van der Waals surface area contributed by atoms with Crippen LogP contribution >= 0.6 is 11.8 Å². The summed E-state index contributed by atoms with van der Waals surface area (Å²) in [5, 5.41) is 5.15. The van der Waals surface area contributed by atoms with Gasteiger partial charge in [0.15, 0.2) is 5.16 Å². The Labute approximate surface area is 144 Å². The van der Waals surface area contributed by atoms with Crippen molar-refractivity contribution < 1.29 is 0 Å². The molecule has 0 N–H and O–H groups in total. The number of imidazole rings is 1. The Bertz CT molecular complexity index is 941. The Hall–Kier alpha value is -2.60. The van der Waals surface area contributed by atoms with Gasteiger partial charge in [0.25, 0.3) is 0 Å². The maximum atomic E-state index is 4.81. The van der Waals surface area contributed by atoms with Crippen LogP contribution in [0.25, 0.3) is 16.7 Å². The van der Waals surface area contributed by atoms with Gasteiger partial charge < -0.3 is 0 Å². The Morgan fingerprint density at radius 3 is 2.67 bits per heavy atom. The average molecular weight is 335 g/mol. The smallest absolute Gasteiger partial charge is 0.173 e. The maximum Gasteiger partial charge on any atom is 0.173 e. The minimum absolute atomic E-state index is 0.807. The summed E-state index contributed by atoms with van der Waals surface area (Å²) in [6.07, 6.45) is 3.30.